The van der Waals surface area contributed by atoms with Gasteiger partial charge in [0, 0.05) is 11.7 Å². The Morgan fingerprint density at radius 1 is 1.47 bits per heavy atom. The van der Waals surface area contributed by atoms with Crippen LogP contribution in [0.4, 0.5) is 14.9 Å². The summed E-state index contributed by atoms with van der Waals surface area (Å²) in [6.45, 7) is 7.10. The lowest BCUT2D eigenvalue weighted by Crippen LogP contribution is -2.27. The van der Waals surface area contributed by atoms with Crippen molar-refractivity contribution < 1.29 is 13.9 Å². The minimum absolute atomic E-state index is 0.112. The Morgan fingerprint density at radius 2 is 2.11 bits per heavy atom. The first-order valence-electron chi connectivity index (χ1n) is 6.21. The number of amides is 1. The smallest absolute Gasteiger partial charge is 0.412 e. The summed E-state index contributed by atoms with van der Waals surface area (Å²) >= 11 is 0. The molecule has 5 heteroatoms. The number of nitrogens with one attached hydrogen (secondary N) is 1. The molecule has 19 heavy (non-hydrogen) atoms. The third-order valence-electron chi connectivity index (χ3n) is 2.24. The predicted molar refractivity (Wildman–Crippen MR) is 73.6 cm³/mol. The maximum absolute atomic E-state index is 13.8. The molecule has 1 amide bonds. The zero-order valence-corrected chi connectivity index (χ0v) is 11.8. The van der Waals surface area contributed by atoms with Crippen LogP contribution in [0.2, 0.25) is 0 Å². The van der Waals surface area contributed by atoms with Gasteiger partial charge in [-0.2, -0.15) is 0 Å². The summed E-state index contributed by atoms with van der Waals surface area (Å²) in [4.78, 5) is 11.5. The molecule has 0 aliphatic carbocycles. The standard InChI is InChI=1S/C14H21FN2O2/c1-9(16)7-10-5-6-11(8-12(10)15)17-13(18)19-14(2,3)4/h5-6,8-9H,7,16H2,1-4H3,(H,17,18)/t9-/m0/s1. The summed E-state index contributed by atoms with van der Waals surface area (Å²) < 4.78 is 18.8. The highest BCUT2D eigenvalue weighted by Gasteiger charge is 2.16. The number of hydrogen-bond donors (Lipinski definition) is 2. The summed E-state index contributed by atoms with van der Waals surface area (Å²) in [5.74, 6) is -0.383. The van der Waals surface area contributed by atoms with Crippen molar-refractivity contribution in [2.75, 3.05) is 5.32 Å². The van der Waals surface area contributed by atoms with E-state index in [0.29, 0.717) is 17.7 Å². The fourth-order valence-electron chi connectivity index (χ4n) is 1.56. The van der Waals surface area contributed by atoms with Crippen LogP contribution in [0, 0.1) is 5.82 Å². The van der Waals surface area contributed by atoms with E-state index < -0.39 is 11.7 Å². The maximum atomic E-state index is 13.8. The molecule has 0 unspecified atom stereocenters. The molecule has 3 N–H and O–H groups in total. The predicted octanol–water partition coefficient (Wildman–Crippen LogP) is 3.06. The second-order valence-corrected chi connectivity index (χ2v) is 5.61. The number of rotatable bonds is 3. The highest BCUT2D eigenvalue weighted by molar-refractivity contribution is 5.84. The van der Waals surface area contributed by atoms with Crippen molar-refractivity contribution in [1.82, 2.24) is 0 Å². The molecule has 0 heterocycles. The van der Waals surface area contributed by atoms with Crippen LogP contribution >= 0.6 is 0 Å². The topological polar surface area (TPSA) is 64.3 Å². The van der Waals surface area contributed by atoms with Crippen LogP contribution in [-0.2, 0) is 11.2 Å². The van der Waals surface area contributed by atoms with Gasteiger partial charge in [0.1, 0.15) is 11.4 Å². The SMILES string of the molecule is C[C@H](N)Cc1ccc(NC(=O)OC(C)(C)C)cc1F. The highest BCUT2D eigenvalue weighted by Crippen LogP contribution is 2.17. The Bertz CT molecular complexity index is 453. The molecule has 106 valence electrons. The monoisotopic (exact) mass is 268 g/mol. The van der Waals surface area contributed by atoms with Crippen molar-refractivity contribution in [2.24, 2.45) is 5.73 Å². The van der Waals surface area contributed by atoms with Crippen molar-refractivity contribution in [3.8, 4) is 0 Å². The van der Waals surface area contributed by atoms with Crippen LogP contribution in [0.15, 0.2) is 18.2 Å². The fourth-order valence-corrected chi connectivity index (χ4v) is 1.56. The number of hydrogen-bond acceptors (Lipinski definition) is 3. The van der Waals surface area contributed by atoms with Gasteiger partial charge in [0.05, 0.1) is 0 Å². The number of carbonyl (C=O) groups excluding carboxylic acids is 1. The largest absolute Gasteiger partial charge is 0.444 e. The number of nitrogens with two attached hydrogens (primary N) is 1. The molecule has 1 rings (SSSR count). The van der Waals surface area contributed by atoms with E-state index in [4.69, 9.17) is 10.5 Å². The molecule has 0 fully saturated rings. The molecule has 0 saturated heterocycles. The van der Waals surface area contributed by atoms with Crippen molar-refractivity contribution >= 4 is 11.8 Å². The Kier molecular flexibility index (Phi) is 4.89. The molecule has 4 nitrogen and oxygen atoms in total. The zero-order valence-electron chi connectivity index (χ0n) is 11.8. The van der Waals surface area contributed by atoms with Crippen molar-refractivity contribution in [3.05, 3.63) is 29.6 Å². The number of benzene rings is 1. The summed E-state index contributed by atoms with van der Waals surface area (Å²) in [6.07, 6.45) is -0.148. The molecule has 1 atom stereocenters. The van der Waals surface area contributed by atoms with Gasteiger partial charge in [-0.3, -0.25) is 5.32 Å². The molecule has 0 spiro atoms. The Balaban J connectivity index is 2.71. The summed E-state index contributed by atoms with van der Waals surface area (Å²) in [6, 6.07) is 4.40. The number of carbonyl (C=O) groups is 1. The lowest BCUT2D eigenvalue weighted by atomic mass is 10.1. The van der Waals surface area contributed by atoms with E-state index in [2.05, 4.69) is 5.32 Å². The summed E-state index contributed by atoms with van der Waals surface area (Å²) in [5, 5.41) is 2.49. The van der Waals surface area contributed by atoms with Crippen LogP contribution in [0.3, 0.4) is 0 Å². The van der Waals surface area contributed by atoms with E-state index in [-0.39, 0.29) is 11.9 Å². The molecule has 0 saturated carbocycles. The highest BCUT2D eigenvalue weighted by atomic mass is 19.1. The van der Waals surface area contributed by atoms with Crippen LogP contribution < -0.4 is 11.1 Å². The van der Waals surface area contributed by atoms with Crippen molar-refractivity contribution in [3.63, 3.8) is 0 Å². The molecule has 0 aliphatic heterocycles. The number of ether oxygens (including phenoxy) is 1. The minimum atomic E-state index is -0.605. The van der Waals surface area contributed by atoms with E-state index in [0.717, 1.165) is 0 Å². The van der Waals surface area contributed by atoms with E-state index in [9.17, 15) is 9.18 Å². The van der Waals surface area contributed by atoms with Crippen molar-refractivity contribution in [2.45, 2.75) is 45.8 Å². The van der Waals surface area contributed by atoms with Gasteiger partial charge in [0.25, 0.3) is 0 Å². The lowest BCUT2D eigenvalue weighted by molar-refractivity contribution is 0.0636. The van der Waals surface area contributed by atoms with Crippen molar-refractivity contribution in [1.29, 1.82) is 0 Å². The minimum Gasteiger partial charge on any atom is -0.444 e. The average Bonchev–Trinajstić information content (AvgIpc) is 2.18. The fraction of sp³-hybridized carbons (Fsp3) is 0.500. The van der Waals surface area contributed by atoms with E-state index in [1.54, 1.807) is 32.9 Å². The lowest BCUT2D eigenvalue weighted by Gasteiger charge is -2.19. The molecule has 0 bridgehead atoms. The van der Waals surface area contributed by atoms with Crippen LogP contribution in [0.1, 0.15) is 33.3 Å². The van der Waals surface area contributed by atoms with Crippen LogP contribution in [-0.4, -0.2) is 17.7 Å². The molecule has 1 aromatic carbocycles. The Hall–Kier alpha value is -1.62. The quantitative estimate of drug-likeness (QED) is 0.885. The van der Waals surface area contributed by atoms with E-state index in [1.807, 2.05) is 6.92 Å². The normalized spacial score (nSPS) is 12.9. The van der Waals surface area contributed by atoms with Gasteiger partial charge < -0.3 is 10.5 Å². The zero-order chi connectivity index (χ0) is 14.6. The van der Waals surface area contributed by atoms with Gasteiger partial charge in [0.15, 0.2) is 0 Å². The van der Waals surface area contributed by atoms with Gasteiger partial charge in [-0.05, 0) is 51.8 Å². The summed E-state index contributed by atoms with van der Waals surface area (Å²) in [5.41, 5.74) is 5.93. The third-order valence-corrected chi connectivity index (χ3v) is 2.24. The van der Waals surface area contributed by atoms with Gasteiger partial charge in [0.2, 0.25) is 0 Å². The number of anilines is 1. The van der Waals surface area contributed by atoms with Gasteiger partial charge in [-0.25, -0.2) is 9.18 Å². The number of halogens is 1. The van der Waals surface area contributed by atoms with Gasteiger partial charge in [-0.15, -0.1) is 0 Å². The molecule has 0 aromatic heterocycles. The first kappa shape index (κ1) is 15.4. The van der Waals surface area contributed by atoms with Gasteiger partial charge in [-0.1, -0.05) is 6.07 Å². The van der Waals surface area contributed by atoms with Crippen LogP contribution in [0.25, 0.3) is 0 Å². The molecule has 0 radical (unpaired) electrons. The van der Waals surface area contributed by atoms with E-state index >= 15 is 0 Å². The Labute approximate surface area is 113 Å². The first-order chi connectivity index (χ1) is 8.67. The third kappa shape index (κ3) is 5.70. The second-order valence-electron chi connectivity index (χ2n) is 5.61. The second kappa shape index (κ2) is 6.02. The average molecular weight is 268 g/mol. The molecule has 0 aliphatic rings. The van der Waals surface area contributed by atoms with Crippen LogP contribution in [0.5, 0.6) is 0 Å². The molecular weight excluding hydrogens is 247 g/mol. The summed E-state index contributed by atoms with van der Waals surface area (Å²) in [7, 11) is 0. The molecule has 1 aromatic rings. The Morgan fingerprint density at radius 3 is 2.58 bits per heavy atom. The molecular formula is C14H21FN2O2. The maximum Gasteiger partial charge on any atom is 0.412 e. The van der Waals surface area contributed by atoms with Gasteiger partial charge >= 0.3 is 6.09 Å². The first-order valence-corrected chi connectivity index (χ1v) is 6.21. The van der Waals surface area contributed by atoms with E-state index in [1.165, 1.54) is 6.07 Å².